The average Bonchev–Trinajstić information content (AvgIpc) is 2.42. The van der Waals surface area contributed by atoms with Gasteiger partial charge < -0.3 is 14.7 Å². The lowest BCUT2D eigenvalue weighted by Crippen LogP contribution is -2.39. The van der Waals surface area contributed by atoms with Gasteiger partial charge in [0.25, 0.3) is 0 Å². The van der Waals surface area contributed by atoms with Gasteiger partial charge in [0, 0.05) is 19.5 Å². The summed E-state index contributed by atoms with van der Waals surface area (Å²) in [7, 11) is 2.03. The van der Waals surface area contributed by atoms with Gasteiger partial charge >= 0.3 is 0 Å². The molecule has 1 aliphatic rings. The first-order valence-corrected chi connectivity index (χ1v) is 6.89. The SMILES string of the molecule is Cc1ccccc1CC1CN(C)c2cc(O)ccc2O1. The summed E-state index contributed by atoms with van der Waals surface area (Å²) in [6.07, 6.45) is 1.04. The van der Waals surface area contributed by atoms with Crippen molar-refractivity contribution in [2.24, 2.45) is 0 Å². The number of nitrogens with zero attached hydrogens (tertiary/aromatic N) is 1. The summed E-state index contributed by atoms with van der Waals surface area (Å²) < 4.78 is 6.06. The Labute approximate surface area is 119 Å². The second-order valence-electron chi connectivity index (χ2n) is 5.40. The van der Waals surface area contributed by atoms with Gasteiger partial charge in [-0.15, -0.1) is 0 Å². The number of anilines is 1. The summed E-state index contributed by atoms with van der Waals surface area (Å²) in [5.74, 6) is 1.12. The highest BCUT2D eigenvalue weighted by molar-refractivity contribution is 5.62. The van der Waals surface area contributed by atoms with Crippen LogP contribution in [0.5, 0.6) is 11.5 Å². The zero-order valence-electron chi connectivity index (χ0n) is 11.8. The minimum absolute atomic E-state index is 0.137. The van der Waals surface area contributed by atoms with Crippen molar-refractivity contribution in [1.29, 1.82) is 0 Å². The Balaban J connectivity index is 1.82. The van der Waals surface area contributed by atoms with Gasteiger partial charge in [-0.25, -0.2) is 0 Å². The number of hydrogen-bond donors (Lipinski definition) is 1. The van der Waals surface area contributed by atoms with Crippen LogP contribution in [0.4, 0.5) is 5.69 Å². The minimum atomic E-state index is 0.137. The fraction of sp³-hybridized carbons (Fsp3) is 0.294. The minimum Gasteiger partial charge on any atom is -0.508 e. The van der Waals surface area contributed by atoms with E-state index in [0.717, 1.165) is 24.4 Å². The second kappa shape index (κ2) is 5.08. The molecule has 2 aromatic carbocycles. The van der Waals surface area contributed by atoms with E-state index in [-0.39, 0.29) is 11.9 Å². The summed E-state index contributed by atoms with van der Waals surface area (Å²) in [5.41, 5.74) is 3.58. The molecule has 1 heterocycles. The number of rotatable bonds is 2. The van der Waals surface area contributed by atoms with Crippen molar-refractivity contribution in [2.75, 3.05) is 18.5 Å². The first-order valence-electron chi connectivity index (χ1n) is 6.89. The van der Waals surface area contributed by atoms with E-state index in [4.69, 9.17) is 4.74 Å². The largest absolute Gasteiger partial charge is 0.508 e. The van der Waals surface area contributed by atoms with E-state index in [1.165, 1.54) is 11.1 Å². The number of phenols is 1. The van der Waals surface area contributed by atoms with Gasteiger partial charge in [-0.2, -0.15) is 0 Å². The molecule has 1 unspecified atom stereocenters. The Bertz CT molecular complexity index is 624. The summed E-state index contributed by atoms with van der Waals surface area (Å²) in [5, 5.41) is 9.56. The Morgan fingerprint density at radius 1 is 1.25 bits per heavy atom. The molecule has 0 saturated carbocycles. The molecule has 0 spiro atoms. The molecule has 0 fully saturated rings. The number of aryl methyl sites for hydroxylation is 1. The average molecular weight is 269 g/mol. The molecule has 3 rings (SSSR count). The molecule has 3 nitrogen and oxygen atoms in total. The van der Waals surface area contributed by atoms with Gasteiger partial charge in [-0.05, 0) is 30.2 Å². The monoisotopic (exact) mass is 269 g/mol. The lowest BCUT2D eigenvalue weighted by molar-refractivity contribution is 0.196. The number of fused-ring (bicyclic) bond motifs is 1. The summed E-state index contributed by atoms with van der Waals surface area (Å²) in [4.78, 5) is 2.14. The van der Waals surface area contributed by atoms with Crippen molar-refractivity contribution in [3.8, 4) is 11.5 Å². The fourth-order valence-electron chi connectivity index (χ4n) is 2.71. The number of benzene rings is 2. The van der Waals surface area contributed by atoms with E-state index < -0.39 is 0 Å². The predicted molar refractivity (Wildman–Crippen MR) is 80.7 cm³/mol. The molecule has 0 amide bonds. The van der Waals surface area contributed by atoms with Crippen LogP contribution in [0.2, 0.25) is 0 Å². The quantitative estimate of drug-likeness (QED) is 0.909. The van der Waals surface area contributed by atoms with E-state index in [1.54, 1.807) is 12.1 Å². The van der Waals surface area contributed by atoms with Gasteiger partial charge in [-0.1, -0.05) is 24.3 Å². The molecular weight excluding hydrogens is 250 g/mol. The normalized spacial score (nSPS) is 17.5. The molecule has 0 aromatic heterocycles. The molecular formula is C17H19NO2. The smallest absolute Gasteiger partial charge is 0.143 e. The summed E-state index contributed by atoms with van der Waals surface area (Å²) in [6.45, 7) is 2.96. The van der Waals surface area contributed by atoms with Crippen LogP contribution in [0.3, 0.4) is 0 Å². The highest BCUT2D eigenvalue weighted by Gasteiger charge is 2.24. The maximum Gasteiger partial charge on any atom is 0.143 e. The molecule has 1 aliphatic heterocycles. The zero-order valence-corrected chi connectivity index (χ0v) is 11.8. The second-order valence-corrected chi connectivity index (χ2v) is 5.40. The molecule has 0 aliphatic carbocycles. The number of phenolic OH excluding ortho intramolecular Hbond substituents is 1. The highest BCUT2D eigenvalue weighted by atomic mass is 16.5. The lowest BCUT2D eigenvalue weighted by Gasteiger charge is -2.34. The van der Waals surface area contributed by atoms with Crippen molar-refractivity contribution in [2.45, 2.75) is 19.4 Å². The molecule has 3 heteroatoms. The third-order valence-electron chi connectivity index (χ3n) is 3.83. The molecule has 104 valence electrons. The van der Waals surface area contributed by atoms with Crippen LogP contribution in [0.25, 0.3) is 0 Å². The Kier molecular flexibility index (Phi) is 3.26. The molecule has 20 heavy (non-hydrogen) atoms. The topological polar surface area (TPSA) is 32.7 Å². The number of hydrogen-bond acceptors (Lipinski definition) is 3. The van der Waals surface area contributed by atoms with Crippen molar-refractivity contribution in [1.82, 2.24) is 0 Å². The molecule has 2 aromatic rings. The maximum absolute atomic E-state index is 9.56. The van der Waals surface area contributed by atoms with E-state index >= 15 is 0 Å². The molecule has 1 N–H and O–H groups in total. The van der Waals surface area contributed by atoms with Gasteiger partial charge in [-0.3, -0.25) is 0 Å². The van der Waals surface area contributed by atoms with Gasteiger partial charge in [0.05, 0.1) is 12.2 Å². The third-order valence-corrected chi connectivity index (χ3v) is 3.83. The Hall–Kier alpha value is -2.16. The van der Waals surface area contributed by atoms with E-state index in [0.29, 0.717) is 0 Å². The van der Waals surface area contributed by atoms with Gasteiger partial charge in [0.2, 0.25) is 0 Å². The van der Waals surface area contributed by atoms with Crippen LogP contribution in [0.15, 0.2) is 42.5 Å². The number of ether oxygens (including phenoxy) is 1. The van der Waals surface area contributed by atoms with Crippen molar-refractivity contribution < 1.29 is 9.84 Å². The fourth-order valence-corrected chi connectivity index (χ4v) is 2.71. The Morgan fingerprint density at radius 2 is 2.05 bits per heavy atom. The number of likely N-dealkylation sites (N-methyl/N-ethyl adjacent to an activating group) is 1. The molecule has 1 atom stereocenters. The standard InChI is InChI=1S/C17H19NO2/c1-12-5-3-4-6-13(12)9-15-11-18(2)16-10-14(19)7-8-17(16)20-15/h3-8,10,15,19H,9,11H2,1-2H3. The van der Waals surface area contributed by atoms with Crippen LogP contribution in [-0.4, -0.2) is 24.8 Å². The van der Waals surface area contributed by atoms with E-state index in [2.05, 4.69) is 36.1 Å². The highest BCUT2D eigenvalue weighted by Crippen LogP contribution is 2.35. The zero-order chi connectivity index (χ0) is 14.1. The summed E-state index contributed by atoms with van der Waals surface area (Å²) >= 11 is 0. The van der Waals surface area contributed by atoms with Crippen LogP contribution in [0, 0.1) is 6.92 Å². The van der Waals surface area contributed by atoms with Crippen molar-refractivity contribution in [3.63, 3.8) is 0 Å². The molecule has 0 saturated heterocycles. The third kappa shape index (κ3) is 2.44. The van der Waals surface area contributed by atoms with Crippen molar-refractivity contribution in [3.05, 3.63) is 53.6 Å². The van der Waals surface area contributed by atoms with Crippen LogP contribution < -0.4 is 9.64 Å². The first-order chi connectivity index (χ1) is 9.63. The number of aromatic hydroxyl groups is 1. The molecule has 0 radical (unpaired) electrons. The van der Waals surface area contributed by atoms with Crippen LogP contribution >= 0.6 is 0 Å². The van der Waals surface area contributed by atoms with E-state index in [9.17, 15) is 5.11 Å². The predicted octanol–water partition coefficient (Wildman–Crippen LogP) is 3.14. The van der Waals surface area contributed by atoms with Gasteiger partial charge in [0.15, 0.2) is 0 Å². The summed E-state index contributed by atoms with van der Waals surface area (Å²) in [6, 6.07) is 13.7. The van der Waals surface area contributed by atoms with E-state index in [1.807, 2.05) is 13.1 Å². The van der Waals surface area contributed by atoms with Crippen LogP contribution in [0.1, 0.15) is 11.1 Å². The maximum atomic E-state index is 9.56. The Morgan fingerprint density at radius 3 is 2.85 bits per heavy atom. The van der Waals surface area contributed by atoms with Crippen molar-refractivity contribution >= 4 is 5.69 Å². The first kappa shape index (κ1) is 12.9. The lowest BCUT2D eigenvalue weighted by atomic mass is 10.0. The molecule has 0 bridgehead atoms. The van der Waals surface area contributed by atoms with Gasteiger partial charge in [0.1, 0.15) is 17.6 Å². The van der Waals surface area contributed by atoms with Crippen LogP contribution in [-0.2, 0) is 6.42 Å².